The van der Waals surface area contributed by atoms with Crippen LogP contribution in [0.25, 0.3) is 11.0 Å². The minimum Gasteiger partial charge on any atom is -0.469 e. The summed E-state index contributed by atoms with van der Waals surface area (Å²) >= 11 is 0. The molecule has 1 aromatic heterocycles. The maximum Gasteiger partial charge on any atom is 0.305 e. The monoisotopic (exact) mass is 342 g/mol. The Bertz CT molecular complexity index is 815. The van der Waals surface area contributed by atoms with Crippen LogP contribution in [-0.2, 0) is 20.7 Å². The highest BCUT2D eigenvalue weighted by Gasteiger charge is 2.24. The van der Waals surface area contributed by atoms with E-state index < -0.39 is 6.10 Å². The average molecular weight is 342 g/mol. The van der Waals surface area contributed by atoms with Crippen LogP contribution >= 0.6 is 0 Å². The molecule has 0 saturated carbocycles. The van der Waals surface area contributed by atoms with Crippen LogP contribution in [0.1, 0.15) is 30.3 Å². The number of carbonyl (C=O) groups excluding carboxylic acids is 1. The third kappa shape index (κ3) is 3.67. The topological polar surface area (TPSA) is 68.9 Å². The summed E-state index contributed by atoms with van der Waals surface area (Å²) < 4.78 is 15.9. The highest BCUT2D eigenvalue weighted by molar-refractivity contribution is 5.83. The Balaban J connectivity index is 1.93. The third-order valence-corrected chi connectivity index (χ3v) is 4.49. The molecule has 5 heteroatoms. The van der Waals surface area contributed by atoms with E-state index in [2.05, 4.69) is 0 Å². The van der Waals surface area contributed by atoms with Gasteiger partial charge < -0.3 is 19.0 Å². The molecule has 25 heavy (non-hydrogen) atoms. The van der Waals surface area contributed by atoms with Crippen LogP contribution in [0.2, 0.25) is 0 Å². The number of methoxy groups -OCH3 is 2. The Morgan fingerprint density at radius 2 is 2.16 bits per heavy atom. The van der Waals surface area contributed by atoms with Crippen molar-refractivity contribution in [2.24, 2.45) is 0 Å². The Hall–Kier alpha value is -2.37. The fourth-order valence-electron chi connectivity index (χ4n) is 3.07. The molecule has 2 unspecified atom stereocenters. The van der Waals surface area contributed by atoms with Crippen molar-refractivity contribution < 1.29 is 23.8 Å². The van der Waals surface area contributed by atoms with E-state index in [1.54, 1.807) is 7.11 Å². The summed E-state index contributed by atoms with van der Waals surface area (Å²) in [5, 5.41) is 11.8. The van der Waals surface area contributed by atoms with Crippen LogP contribution in [0.4, 0.5) is 0 Å². The van der Waals surface area contributed by atoms with E-state index in [4.69, 9.17) is 13.9 Å². The Kier molecular flexibility index (Phi) is 5.36. The summed E-state index contributed by atoms with van der Waals surface area (Å²) in [5.41, 5.74) is 2.31. The van der Waals surface area contributed by atoms with Crippen molar-refractivity contribution in [2.45, 2.75) is 31.5 Å². The molecular weight excluding hydrogens is 320 g/mol. The van der Waals surface area contributed by atoms with E-state index in [9.17, 15) is 9.90 Å². The van der Waals surface area contributed by atoms with Crippen LogP contribution < -0.4 is 0 Å². The first-order chi connectivity index (χ1) is 12.1. The number of hydrogen-bond acceptors (Lipinski definition) is 5. The van der Waals surface area contributed by atoms with Crippen molar-refractivity contribution in [2.75, 3.05) is 14.2 Å². The molecule has 0 spiro atoms. The molecule has 1 aliphatic carbocycles. The number of aryl methyl sites for hydroxylation is 1. The molecule has 0 amide bonds. The van der Waals surface area contributed by atoms with Crippen LogP contribution in [0, 0.1) is 0 Å². The number of esters is 1. The van der Waals surface area contributed by atoms with Crippen LogP contribution in [0.15, 0.2) is 52.5 Å². The SMILES string of the molecule is COC(=O)CCc1c(C(O)C2=CCC(OC)C=C2)oc2ccccc12. The summed E-state index contributed by atoms with van der Waals surface area (Å²) in [5.74, 6) is 0.197. The first-order valence-electron chi connectivity index (χ1n) is 8.30. The lowest BCUT2D eigenvalue weighted by Crippen LogP contribution is -2.12. The van der Waals surface area contributed by atoms with Gasteiger partial charge in [0.15, 0.2) is 0 Å². The molecule has 132 valence electrons. The molecule has 0 bridgehead atoms. The number of benzene rings is 1. The van der Waals surface area contributed by atoms with Gasteiger partial charge in [-0.3, -0.25) is 4.79 Å². The lowest BCUT2D eigenvalue weighted by molar-refractivity contribution is -0.140. The van der Waals surface area contributed by atoms with Crippen LogP contribution in [-0.4, -0.2) is 31.4 Å². The Morgan fingerprint density at radius 3 is 2.84 bits per heavy atom. The number of hydrogen-bond donors (Lipinski definition) is 1. The molecular formula is C20H22O5. The molecule has 0 saturated heterocycles. The second-order valence-electron chi connectivity index (χ2n) is 5.99. The molecule has 1 aliphatic rings. The number of rotatable bonds is 6. The summed E-state index contributed by atoms with van der Waals surface area (Å²) in [6, 6.07) is 7.60. The standard InChI is InChI=1S/C20H22O5/c1-23-14-9-7-13(8-10-14)19(22)20-16(11-12-18(21)24-2)15-5-3-4-6-17(15)25-20/h3-9,14,19,22H,10-12H2,1-2H3. The summed E-state index contributed by atoms with van der Waals surface area (Å²) in [6.45, 7) is 0. The molecule has 2 atom stereocenters. The number of furan rings is 1. The van der Waals surface area contributed by atoms with Crippen molar-refractivity contribution >= 4 is 16.9 Å². The Morgan fingerprint density at radius 1 is 1.36 bits per heavy atom. The minimum atomic E-state index is -0.880. The van der Waals surface area contributed by atoms with Gasteiger partial charge in [-0.1, -0.05) is 36.4 Å². The van der Waals surface area contributed by atoms with Crippen molar-refractivity contribution in [3.8, 4) is 0 Å². The number of para-hydroxylation sites is 1. The highest BCUT2D eigenvalue weighted by atomic mass is 16.5. The largest absolute Gasteiger partial charge is 0.469 e. The van der Waals surface area contributed by atoms with Gasteiger partial charge in [0.25, 0.3) is 0 Å². The first-order valence-corrected chi connectivity index (χ1v) is 8.30. The summed E-state index contributed by atoms with van der Waals surface area (Å²) in [6.07, 6.45) is 6.29. The normalized spacial score (nSPS) is 18.2. The van der Waals surface area contributed by atoms with E-state index in [1.165, 1.54) is 7.11 Å². The highest BCUT2D eigenvalue weighted by Crippen LogP contribution is 2.35. The second-order valence-corrected chi connectivity index (χ2v) is 5.99. The van der Waals surface area contributed by atoms with Gasteiger partial charge in [-0.25, -0.2) is 0 Å². The van der Waals surface area contributed by atoms with E-state index in [-0.39, 0.29) is 18.5 Å². The predicted octanol–water partition coefficient (Wildman–Crippen LogP) is 3.47. The van der Waals surface area contributed by atoms with Gasteiger partial charge >= 0.3 is 5.97 Å². The van der Waals surface area contributed by atoms with Crippen molar-refractivity contribution in [1.82, 2.24) is 0 Å². The van der Waals surface area contributed by atoms with Crippen LogP contribution in [0.3, 0.4) is 0 Å². The molecule has 3 rings (SSSR count). The van der Waals surface area contributed by atoms with E-state index in [1.807, 2.05) is 42.5 Å². The number of aliphatic hydroxyl groups is 1. The van der Waals surface area contributed by atoms with Gasteiger partial charge in [-0.2, -0.15) is 0 Å². The molecule has 1 aromatic carbocycles. The van der Waals surface area contributed by atoms with Gasteiger partial charge in [0.1, 0.15) is 17.4 Å². The van der Waals surface area contributed by atoms with E-state index >= 15 is 0 Å². The lowest BCUT2D eigenvalue weighted by Gasteiger charge is -2.18. The van der Waals surface area contributed by atoms with E-state index in [0.717, 1.165) is 16.5 Å². The van der Waals surface area contributed by atoms with Crippen molar-refractivity contribution in [3.63, 3.8) is 0 Å². The quantitative estimate of drug-likeness (QED) is 0.814. The fourth-order valence-corrected chi connectivity index (χ4v) is 3.07. The molecule has 0 radical (unpaired) electrons. The molecule has 2 aromatic rings. The van der Waals surface area contributed by atoms with Gasteiger partial charge in [0.2, 0.25) is 0 Å². The maximum atomic E-state index is 11.5. The zero-order valence-corrected chi connectivity index (χ0v) is 14.4. The molecule has 5 nitrogen and oxygen atoms in total. The predicted molar refractivity (Wildman–Crippen MR) is 94.1 cm³/mol. The zero-order chi connectivity index (χ0) is 17.8. The summed E-state index contributed by atoms with van der Waals surface area (Å²) in [7, 11) is 3.03. The molecule has 1 N–H and O–H groups in total. The number of carbonyl (C=O) groups is 1. The molecule has 0 fully saturated rings. The molecule has 1 heterocycles. The van der Waals surface area contributed by atoms with Crippen molar-refractivity contribution in [3.05, 3.63) is 59.4 Å². The number of aliphatic hydroxyl groups excluding tert-OH is 1. The van der Waals surface area contributed by atoms with Crippen LogP contribution in [0.5, 0.6) is 0 Å². The van der Waals surface area contributed by atoms with Gasteiger partial charge in [0, 0.05) is 24.5 Å². The third-order valence-electron chi connectivity index (χ3n) is 4.49. The zero-order valence-electron chi connectivity index (χ0n) is 14.4. The summed E-state index contributed by atoms with van der Waals surface area (Å²) in [4.78, 5) is 11.5. The van der Waals surface area contributed by atoms with E-state index in [0.29, 0.717) is 24.2 Å². The van der Waals surface area contributed by atoms with Gasteiger partial charge in [-0.05, 0) is 24.5 Å². The van der Waals surface area contributed by atoms with Gasteiger partial charge in [-0.15, -0.1) is 0 Å². The second kappa shape index (κ2) is 7.68. The molecule has 0 aliphatic heterocycles. The Labute approximate surface area is 146 Å². The number of ether oxygens (including phenoxy) is 2. The van der Waals surface area contributed by atoms with Crippen molar-refractivity contribution in [1.29, 1.82) is 0 Å². The lowest BCUT2D eigenvalue weighted by atomic mass is 9.95. The fraction of sp³-hybridized carbons (Fsp3) is 0.350. The number of fused-ring (bicyclic) bond motifs is 1. The van der Waals surface area contributed by atoms with Gasteiger partial charge in [0.05, 0.1) is 13.2 Å². The maximum absolute atomic E-state index is 11.5. The average Bonchev–Trinajstić information content (AvgIpc) is 3.04. The first kappa shape index (κ1) is 17.5. The smallest absolute Gasteiger partial charge is 0.305 e. The minimum absolute atomic E-state index is 0.0328.